The molecule has 2 aromatic rings. The summed E-state index contributed by atoms with van der Waals surface area (Å²) in [6.45, 7) is 0. The van der Waals surface area contributed by atoms with Gasteiger partial charge in [0.25, 0.3) is 0 Å². The molecule has 2 aromatic carbocycles. The summed E-state index contributed by atoms with van der Waals surface area (Å²) < 4.78 is 0. The van der Waals surface area contributed by atoms with Crippen LogP contribution in [0.15, 0.2) is 30.3 Å². The van der Waals surface area contributed by atoms with Crippen LogP contribution in [0.1, 0.15) is 68.1 Å². The molecule has 0 spiro atoms. The van der Waals surface area contributed by atoms with E-state index in [0.29, 0.717) is 0 Å². The highest BCUT2D eigenvalue weighted by atomic mass is 14.2. The fourth-order valence-corrected chi connectivity index (χ4v) is 5.46. The van der Waals surface area contributed by atoms with Gasteiger partial charge in [0.2, 0.25) is 0 Å². The molecule has 3 aliphatic rings. The Labute approximate surface area is 157 Å². The van der Waals surface area contributed by atoms with Crippen LogP contribution in [0.2, 0.25) is 0 Å². The second-order valence-corrected chi connectivity index (χ2v) is 8.63. The van der Waals surface area contributed by atoms with Gasteiger partial charge in [-0.2, -0.15) is 0 Å². The zero-order valence-electron chi connectivity index (χ0n) is 15.9. The van der Waals surface area contributed by atoms with Crippen molar-refractivity contribution < 1.29 is 0 Å². The van der Waals surface area contributed by atoms with Crippen LogP contribution in [-0.2, 0) is 19.3 Å². The van der Waals surface area contributed by atoms with Gasteiger partial charge in [-0.05, 0) is 82.0 Å². The summed E-state index contributed by atoms with van der Waals surface area (Å²) in [7, 11) is 0. The minimum absolute atomic E-state index is 0.979. The Hall–Kier alpha value is -1.82. The van der Waals surface area contributed by atoms with Crippen LogP contribution < -0.4 is 10.4 Å². The third kappa shape index (κ3) is 3.04. The molecule has 0 bridgehead atoms. The van der Waals surface area contributed by atoms with E-state index in [-0.39, 0.29) is 0 Å². The summed E-state index contributed by atoms with van der Waals surface area (Å²) in [6.07, 6.45) is 19.8. The molecule has 0 atom stereocenters. The predicted molar refractivity (Wildman–Crippen MR) is 110 cm³/mol. The Balaban J connectivity index is 1.50. The molecule has 1 fully saturated rings. The number of hydrogen-bond donors (Lipinski definition) is 0. The highest BCUT2D eigenvalue weighted by Crippen LogP contribution is 2.27. The van der Waals surface area contributed by atoms with Crippen molar-refractivity contribution in [3.63, 3.8) is 0 Å². The lowest BCUT2D eigenvalue weighted by atomic mass is 9.85. The van der Waals surface area contributed by atoms with Gasteiger partial charge in [-0.15, -0.1) is 0 Å². The monoisotopic (exact) mass is 342 g/mol. The number of hydrogen-bond acceptors (Lipinski definition) is 0. The van der Waals surface area contributed by atoms with Crippen LogP contribution in [0.5, 0.6) is 0 Å². The van der Waals surface area contributed by atoms with Gasteiger partial charge in [-0.1, -0.05) is 74.6 Å². The molecule has 0 unspecified atom stereocenters. The number of fused-ring (bicyclic) bond motifs is 4. The third-order valence-corrected chi connectivity index (χ3v) is 6.96. The first kappa shape index (κ1) is 16.4. The van der Waals surface area contributed by atoms with Crippen LogP contribution in [0.3, 0.4) is 0 Å². The van der Waals surface area contributed by atoms with Crippen molar-refractivity contribution in [1.82, 2.24) is 0 Å². The molecule has 0 heteroatoms. The van der Waals surface area contributed by atoms with Crippen molar-refractivity contribution in [1.29, 1.82) is 0 Å². The number of aryl methyl sites for hydroxylation is 1. The molecule has 3 aliphatic carbocycles. The quantitative estimate of drug-likeness (QED) is 0.741. The topological polar surface area (TPSA) is 0 Å². The fourth-order valence-electron chi connectivity index (χ4n) is 5.46. The van der Waals surface area contributed by atoms with Crippen molar-refractivity contribution in [2.24, 2.45) is 5.92 Å². The average molecular weight is 343 g/mol. The summed E-state index contributed by atoms with van der Waals surface area (Å²) in [6, 6.07) is 12.0. The van der Waals surface area contributed by atoms with Crippen LogP contribution in [0.25, 0.3) is 12.2 Å². The minimum Gasteiger partial charge on any atom is -0.0770 e. The standard InChI is InChI=1S/C26H30/c1-2-6-19(7-3-1)10-11-20-12-15-24-22(18-20)14-17-25-23-9-5-4-8-21(23)13-16-26(24)25/h8,12-16,18-19H,1-7,9-11,17H2. The van der Waals surface area contributed by atoms with Gasteiger partial charge in [-0.3, -0.25) is 0 Å². The Morgan fingerprint density at radius 3 is 2.58 bits per heavy atom. The molecule has 0 heterocycles. The van der Waals surface area contributed by atoms with Gasteiger partial charge in [0.05, 0.1) is 0 Å². The van der Waals surface area contributed by atoms with Crippen LogP contribution >= 0.6 is 0 Å². The van der Waals surface area contributed by atoms with Crippen molar-refractivity contribution in [3.8, 4) is 0 Å². The Bertz CT molecular complexity index is 1020. The molecular weight excluding hydrogens is 312 g/mol. The summed E-state index contributed by atoms with van der Waals surface area (Å²) in [4.78, 5) is 0. The maximum absolute atomic E-state index is 2.48. The maximum Gasteiger partial charge on any atom is -0.00791 e. The van der Waals surface area contributed by atoms with Crippen molar-refractivity contribution in [2.45, 2.75) is 70.6 Å². The Morgan fingerprint density at radius 2 is 1.65 bits per heavy atom. The lowest BCUT2D eigenvalue weighted by Gasteiger charge is -2.21. The van der Waals surface area contributed by atoms with Gasteiger partial charge in [0.1, 0.15) is 0 Å². The first-order valence-corrected chi connectivity index (χ1v) is 10.8. The summed E-state index contributed by atoms with van der Waals surface area (Å²) in [5, 5.41) is 5.92. The van der Waals surface area contributed by atoms with E-state index in [1.807, 2.05) is 0 Å². The zero-order valence-corrected chi connectivity index (χ0v) is 15.9. The van der Waals surface area contributed by atoms with Gasteiger partial charge in [0.15, 0.2) is 0 Å². The fraction of sp³-hybridized carbons (Fsp3) is 0.462. The van der Waals surface area contributed by atoms with E-state index < -0.39 is 0 Å². The van der Waals surface area contributed by atoms with E-state index in [2.05, 4.69) is 42.5 Å². The molecule has 0 nitrogen and oxygen atoms in total. The van der Waals surface area contributed by atoms with E-state index in [0.717, 1.165) is 12.3 Å². The largest absolute Gasteiger partial charge is 0.0770 e. The van der Waals surface area contributed by atoms with E-state index in [1.54, 1.807) is 16.7 Å². The van der Waals surface area contributed by atoms with Gasteiger partial charge in [-0.25, -0.2) is 0 Å². The molecule has 0 amide bonds. The third-order valence-electron chi connectivity index (χ3n) is 6.96. The van der Waals surface area contributed by atoms with E-state index in [1.165, 1.54) is 85.1 Å². The Kier molecular flexibility index (Phi) is 4.44. The molecule has 1 saturated carbocycles. The van der Waals surface area contributed by atoms with Crippen LogP contribution in [0, 0.1) is 16.4 Å². The summed E-state index contributed by atoms with van der Waals surface area (Å²) >= 11 is 0. The molecule has 26 heavy (non-hydrogen) atoms. The first-order chi connectivity index (χ1) is 12.9. The van der Waals surface area contributed by atoms with Gasteiger partial charge < -0.3 is 0 Å². The Morgan fingerprint density at radius 1 is 0.769 bits per heavy atom. The number of benzene rings is 2. The molecular formula is C26H30. The molecule has 0 aromatic heterocycles. The minimum atomic E-state index is 0.979. The van der Waals surface area contributed by atoms with Crippen molar-refractivity contribution >= 4 is 12.2 Å². The second-order valence-electron chi connectivity index (χ2n) is 8.63. The SMILES string of the molecule is C1=c2ccc3c(c2CCC1)CC=c1cc(CCC2CCCCC2)ccc1=3. The van der Waals surface area contributed by atoms with E-state index in [4.69, 9.17) is 0 Å². The first-order valence-electron chi connectivity index (χ1n) is 10.8. The lowest BCUT2D eigenvalue weighted by Crippen LogP contribution is -2.20. The van der Waals surface area contributed by atoms with Crippen molar-refractivity contribution in [3.05, 3.63) is 67.9 Å². The zero-order chi connectivity index (χ0) is 17.3. The molecule has 134 valence electrons. The van der Waals surface area contributed by atoms with Crippen molar-refractivity contribution in [2.75, 3.05) is 0 Å². The van der Waals surface area contributed by atoms with Crippen LogP contribution in [0.4, 0.5) is 0 Å². The number of rotatable bonds is 3. The summed E-state index contributed by atoms with van der Waals surface area (Å²) in [5.74, 6) is 0.979. The van der Waals surface area contributed by atoms with E-state index in [9.17, 15) is 0 Å². The van der Waals surface area contributed by atoms with Crippen LogP contribution in [-0.4, -0.2) is 0 Å². The van der Waals surface area contributed by atoms with Gasteiger partial charge in [0, 0.05) is 0 Å². The lowest BCUT2D eigenvalue weighted by molar-refractivity contribution is 0.339. The molecule has 0 saturated heterocycles. The molecule has 0 aliphatic heterocycles. The smallest absolute Gasteiger partial charge is 0.00791 e. The average Bonchev–Trinajstić information content (AvgIpc) is 2.72. The highest BCUT2D eigenvalue weighted by Gasteiger charge is 2.14. The van der Waals surface area contributed by atoms with Gasteiger partial charge >= 0.3 is 0 Å². The molecule has 0 radical (unpaired) electrons. The maximum atomic E-state index is 2.48. The summed E-state index contributed by atoms with van der Waals surface area (Å²) in [5.41, 5.74) is 4.76. The highest BCUT2D eigenvalue weighted by molar-refractivity contribution is 5.47. The predicted octanol–water partition coefficient (Wildman–Crippen LogP) is 4.94. The van der Waals surface area contributed by atoms with E-state index >= 15 is 0 Å². The second kappa shape index (κ2) is 7.06. The molecule has 0 N–H and O–H groups in total. The molecule has 5 rings (SSSR count). The normalized spacial score (nSPS) is 18.9.